The Morgan fingerprint density at radius 3 is 2.72 bits per heavy atom. The SMILES string of the molecule is C=CCC(C)(c1cccc(Br)c1)c1nc(-c2cc(Oc3c(F)cc4[nH]ccc4c3CCC(=O)OCC)ccc2F)n(C)n1. The van der Waals surface area contributed by atoms with Crippen LogP contribution in [0.3, 0.4) is 0 Å². The maximum Gasteiger partial charge on any atom is 0.306 e. The molecule has 222 valence electrons. The average molecular weight is 650 g/mol. The monoisotopic (exact) mass is 648 g/mol. The van der Waals surface area contributed by atoms with E-state index in [1.807, 2.05) is 31.2 Å². The number of hydrogen-bond acceptors (Lipinski definition) is 5. The quantitative estimate of drug-likeness (QED) is 0.115. The minimum absolute atomic E-state index is 0.0409. The molecule has 0 aliphatic carbocycles. The molecule has 0 aliphatic rings. The van der Waals surface area contributed by atoms with Crippen molar-refractivity contribution in [2.24, 2.45) is 7.05 Å². The average Bonchev–Trinajstić information content (AvgIpc) is 3.60. The van der Waals surface area contributed by atoms with Crippen LogP contribution in [0.4, 0.5) is 8.78 Å². The first kappa shape index (κ1) is 30.2. The molecule has 0 saturated heterocycles. The van der Waals surface area contributed by atoms with Gasteiger partial charge in [0.05, 0.1) is 17.6 Å². The van der Waals surface area contributed by atoms with Gasteiger partial charge in [-0.3, -0.25) is 4.79 Å². The standard InChI is InChI=1S/C33H31BrF2N4O3/c1-5-15-33(3,20-8-7-9-21(34)17-20)32-38-31(40(4)39-32)25-18-22(10-12-26(25)35)43-30-24(11-13-29(41)42-6-2)23-14-16-37-28(23)19-27(30)36/h5,7-10,12,14,16-19,37H,1,6,11,13,15H2,2-4H3. The summed E-state index contributed by atoms with van der Waals surface area (Å²) in [5.74, 6) is -0.601. The fourth-order valence-electron chi connectivity index (χ4n) is 5.21. The van der Waals surface area contributed by atoms with Crippen LogP contribution in [0.2, 0.25) is 0 Å². The minimum atomic E-state index is -0.630. The van der Waals surface area contributed by atoms with Gasteiger partial charge in [0.2, 0.25) is 0 Å². The van der Waals surface area contributed by atoms with Gasteiger partial charge in [-0.25, -0.2) is 18.4 Å². The summed E-state index contributed by atoms with van der Waals surface area (Å²) in [6.07, 6.45) is 4.29. The first-order chi connectivity index (χ1) is 20.6. The van der Waals surface area contributed by atoms with Crippen molar-refractivity contribution >= 4 is 32.8 Å². The van der Waals surface area contributed by atoms with E-state index in [4.69, 9.17) is 14.5 Å². The van der Waals surface area contributed by atoms with Gasteiger partial charge in [-0.2, -0.15) is 5.10 Å². The molecule has 2 aromatic heterocycles. The van der Waals surface area contributed by atoms with Crippen molar-refractivity contribution in [1.29, 1.82) is 0 Å². The molecule has 5 aromatic rings. The highest BCUT2D eigenvalue weighted by Gasteiger charge is 2.33. The molecule has 2 heterocycles. The fraction of sp³-hybridized carbons (Fsp3) is 0.242. The summed E-state index contributed by atoms with van der Waals surface area (Å²) in [4.78, 5) is 19.9. The van der Waals surface area contributed by atoms with Crippen molar-refractivity contribution in [3.8, 4) is 22.9 Å². The number of carbonyl (C=O) groups excluding carboxylic acids is 1. The van der Waals surface area contributed by atoms with Crippen LogP contribution < -0.4 is 4.74 Å². The highest BCUT2D eigenvalue weighted by Crippen LogP contribution is 2.39. The molecule has 0 amide bonds. The number of allylic oxidation sites excluding steroid dienone is 1. The maximum absolute atomic E-state index is 15.4. The Bertz CT molecular complexity index is 1820. The predicted octanol–water partition coefficient (Wildman–Crippen LogP) is 8.17. The van der Waals surface area contributed by atoms with E-state index < -0.39 is 23.0 Å². The number of rotatable bonds is 11. The van der Waals surface area contributed by atoms with Crippen molar-refractivity contribution in [3.05, 3.63) is 107 Å². The largest absolute Gasteiger partial charge is 0.466 e. The van der Waals surface area contributed by atoms with Gasteiger partial charge in [-0.1, -0.05) is 34.1 Å². The van der Waals surface area contributed by atoms with E-state index in [-0.39, 0.29) is 42.3 Å². The Labute approximate surface area is 256 Å². The number of fused-ring (bicyclic) bond motifs is 1. The number of aromatic nitrogens is 4. The lowest BCUT2D eigenvalue weighted by Crippen LogP contribution is -2.25. The first-order valence-corrected chi connectivity index (χ1v) is 14.6. The van der Waals surface area contributed by atoms with Gasteiger partial charge >= 0.3 is 5.97 Å². The lowest BCUT2D eigenvalue weighted by molar-refractivity contribution is -0.143. The predicted molar refractivity (Wildman–Crippen MR) is 165 cm³/mol. The molecule has 7 nitrogen and oxygen atoms in total. The van der Waals surface area contributed by atoms with E-state index in [9.17, 15) is 4.79 Å². The van der Waals surface area contributed by atoms with Gasteiger partial charge in [0.15, 0.2) is 23.2 Å². The van der Waals surface area contributed by atoms with Crippen LogP contribution in [0.5, 0.6) is 11.5 Å². The Balaban J connectivity index is 1.53. The molecule has 0 bridgehead atoms. The lowest BCUT2D eigenvalue weighted by atomic mass is 9.79. The summed E-state index contributed by atoms with van der Waals surface area (Å²) < 4.78 is 44.3. The zero-order valence-corrected chi connectivity index (χ0v) is 25.7. The van der Waals surface area contributed by atoms with Gasteiger partial charge in [-0.05, 0) is 68.7 Å². The van der Waals surface area contributed by atoms with Crippen LogP contribution in [-0.4, -0.2) is 32.3 Å². The molecule has 0 saturated carbocycles. The van der Waals surface area contributed by atoms with E-state index in [2.05, 4.69) is 32.6 Å². The van der Waals surface area contributed by atoms with Gasteiger partial charge in [0.1, 0.15) is 11.6 Å². The van der Waals surface area contributed by atoms with Crippen molar-refractivity contribution in [2.45, 2.75) is 38.5 Å². The van der Waals surface area contributed by atoms with Crippen LogP contribution in [0, 0.1) is 11.6 Å². The van der Waals surface area contributed by atoms with Crippen molar-refractivity contribution in [1.82, 2.24) is 19.7 Å². The molecule has 43 heavy (non-hydrogen) atoms. The van der Waals surface area contributed by atoms with Gasteiger partial charge < -0.3 is 14.5 Å². The zero-order chi connectivity index (χ0) is 30.7. The minimum Gasteiger partial charge on any atom is -0.466 e. The molecular formula is C33H31BrF2N4O3. The number of hydrogen-bond donors (Lipinski definition) is 1. The van der Waals surface area contributed by atoms with Gasteiger partial charge in [-0.15, -0.1) is 6.58 Å². The van der Waals surface area contributed by atoms with E-state index in [1.165, 1.54) is 28.9 Å². The van der Waals surface area contributed by atoms with Crippen LogP contribution in [0.15, 0.2) is 77.9 Å². The lowest BCUT2D eigenvalue weighted by Gasteiger charge is -2.26. The number of H-pyrrole nitrogens is 1. The molecule has 1 unspecified atom stereocenters. The Kier molecular flexibility index (Phi) is 8.77. The number of halogens is 3. The molecular weight excluding hydrogens is 618 g/mol. The molecule has 0 spiro atoms. The van der Waals surface area contributed by atoms with Crippen molar-refractivity contribution < 1.29 is 23.0 Å². The van der Waals surface area contributed by atoms with Gasteiger partial charge in [0, 0.05) is 46.7 Å². The second-order valence-electron chi connectivity index (χ2n) is 10.4. The summed E-state index contributed by atoms with van der Waals surface area (Å²) in [6.45, 7) is 7.92. The first-order valence-electron chi connectivity index (χ1n) is 13.8. The normalized spacial score (nSPS) is 12.7. The maximum atomic E-state index is 15.4. The molecule has 10 heteroatoms. The van der Waals surface area contributed by atoms with Gasteiger partial charge in [0.25, 0.3) is 0 Å². The molecule has 0 radical (unpaired) electrons. The Morgan fingerprint density at radius 1 is 1.16 bits per heavy atom. The third-order valence-electron chi connectivity index (χ3n) is 7.42. The third kappa shape index (κ3) is 6.10. The van der Waals surface area contributed by atoms with E-state index >= 15 is 8.78 Å². The highest BCUT2D eigenvalue weighted by atomic mass is 79.9. The fourth-order valence-corrected chi connectivity index (χ4v) is 5.61. The summed E-state index contributed by atoms with van der Waals surface area (Å²) >= 11 is 3.54. The highest BCUT2D eigenvalue weighted by molar-refractivity contribution is 9.10. The van der Waals surface area contributed by atoms with Crippen LogP contribution in [-0.2, 0) is 28.4 Å². The molecule has 0 fully saturated rings. The number of nitrogens with zero attached hydrogens (tertiary/aromatic N) is 3. The second-order valence-corrected chi connectivity index (χ2v) is 11.3. The number of carbonyl (C=O) groups is 1. The number of aryl methyl sites for hydroxylation is 2. The smallest absolute Gasteiger partial charge is 0.306 e. The number of ether oxygens (including phenoxy) is 2. The summed E-state index contributed by atoms with van der Waals surface area (Å²) in [6, 6.07) is 15.2. The summed E-state index contributed by atoms with van der Waals surface area (Å²) in [7, 11) is 1.70. The zero-order valence-electron chi connectivity index (χ0n) is 24.1. The van der Waals surface area contributed by atoms with E-state index in [0.717, 1.165) is 15.4 Å². The Hall–Kier alpha value is -4.31. The summed E-state index contributed by atoms with van der Waals surface area (Å²) in [5, 5.41) is 5.40. The van der Waals surface area contributed by atoms with E-state index in [0.29, 0.717) is 23.3 Å². The van der Waals surface area contributed by atoms with Crippen LogP contribution in [0.1, 0.15) is 43.6 Å². The third-order valence-corrected chi connectivity index (χ3v) is 7.91. The van der Waals surface area contributed by atoms with E-state index in [1.54, 1.807) is 32.3 Å². The second kappa shape index (κ2) is 12.5. The number of esters is 1. The van der Waals surface area contributed by atoms with Crippen LogP contribution in [0.25, 0.3) is 22.3 Å². The molecule has 3 aromatic carbocycles. The van der Waals surface area contributed by atoms with Crippen molar-refractivity contribution in [2.75, 3.05) is 6.61 Å². The number of benzene rings is 3. The number of aromatic amines is 1. The molecule has 1 atom stereocenters. The molecule has 0 aliphatic heterocycles. The molecule has 5 rings (SSSR count). The molecule has 1 N–H and O–H groups in total. The van der Waals surface area contributed by atoms with Crippen LogP contribution >= 0.6 is 15.9 Å². The summed E-state index contributed by atoms with van der Waals surface area (Å²) in [5.41, 5.74) is 1.57. The van der Waals surface area contributed by atoms with Crippen molar-refractivity contribution in [3.63, 3.8) is 0 Å². The number of nitrogens with one attached hydrogen (secondary N) is 1. The topological polar surface area (TPSA) is 82.0 Å². The Morgan fingerprint density at radius 2 is 1.98 bits per heavy atom.